The number of hydrogen-bond acceptors (Lipinski definition) is 5. The highest BCUT2D eigenvalue weighted by Gasteiger charge is 2.47. The Labute approximate surface area is 283 Å². The predicted octanol–water partition coefficient (Wildman–Crippen LogP) is 6.01. The maximum absolute atomic E-state index is 14.5. The van der Waals surface area contributed by atoms with Crippen LogP contribution in [-0.2, 0) is 26.8 Å². The second-order valence-electron chi connectivity index (χ2n) is 12.5. The Morgan fingerprint density at radius 3 is 2.29 bits per heavy atom. The van der Waals surface area contributed by atoms with Gasteiger partial charge in [0, 0.05) is 30.0 Å². The number of nitrogens with one attached hydrogen (secondary N) is 2. The maximum atomic E-state index is 14.5. The smallest absolute Gasteiger partial charge is 0.339 e. The van der Waals surface area contributed by atoms with Gasteiger partial charge < -0.3 is 10.1 Å². The molecule has 2 N–H and O–H groups in total. The van der Waals surface area contributed by atoms with Crippen LogP contribution in [0.1, 0.15) is 78.8 Å². The highest BCUT2D eigenvalue weighted by atomic mass is 32.2. The molecule has 0 fully saturated rings. The number of amides is 2. The normalized spacial score (nSPS) is 17.7. The van der Waals surface area contributed by atoms with Crippen molar-refractivity contribution >= 4 is 34.9 Å². The number of aldehydes is 1. The molecule has 4 aromatic rings. The molecule has 49 heavy (non-hydrogen) atoms. The van der Waals surface area contributed by atoms with E-state index in [2.05, 4.69) is 10.0 Å². The van der Waals surface area contributed by atoms with E-state index in [0.29, 0.717) is 35.0 Å². The van der Waals surface area contributed by atoms with Crippen molar-refractivity contribution in [2.45, 2.75) is 63.0 Å². The zero-order chi connectivity index (χ0) is 35.7. The Hall–Kier alpha value is -4.69. The lowest BCUT2D eigenvalue weighted by molar-refractivity contribution is -0.137. The number of benzene rings is 3. The molecule has 2 heterocycles. The summed E-state index contributed by atoms with van der Waals surface area (Å²) >= 11 is 0. The molecule has 0 saturated heterocycles. The number of fused-ring (bicyclic) bond motifs is 1. The highest BCUT2D eigenvalue weighted by Crippen LogP contribution is 2.45. The van der Waals surface area contributed by atoms with E-state index in [4.69, 9.17) is 5.10 Å². The first kappa shape index (κ1) is 35.6. The van der Waals surface area contributed by atoms with Gasteiger partial charge in [-0.15, -0.1) is 0 Å². The van der Waals surface area contributed by atoms with E-state index in [1.165, 1.54) is 39.9 Å². The van der Waals surface area contributed by atoms with Gasteiger partial charge in [-0.05, 0) is 75.7 Å². The topological polar surface area (TPSA) is 113 Å². The number of carbonyl (C=O) groups is 3. The maximum Gasteiger partial charge on any atom is 0.416 e. The minimum Gasteiger partial charge on any atom is -0.339 e. The predicted molar refractivity (Wildman–Crippen MR) is 177 cm³/mol. The van der Waals surface area contributed by atoms with E-state index >= 15 is 0 Å². The Balaban J connectivity index is 1.77. The van der Waals surface area contributed by atoms with Crippen LogP contribution >= 0.6 is 0 Å². The summed E-state index contributed by atoms with van der Waals surface area (Å²) in [6, 6.07) is 15.6. The largest absolute Gasteiger partial charge is 0.416 e. The summed E-state index contributed by atoms with van der Waals surface area (Å²) in [5.41, 5.74) is 0.220. The van der Waals surface area contributed by atoms with Gasteiger partial charge in [-0.1, -0.05) is 36.4 Å². The van der Waals surface area contributed by atoms with Crippen LogP contribution in [-0.4, -0.2) is 49.4 Å². The highest BCUT2D eigenvalue weighted by molar-refractivity contribution is 7.84. The van der Waals surface area contributed by atoms with Gasteiger partial charge >= 0.3 is 6.18 Å². The summed E-state index contributed by atoms with van der Waals surface area (Å²) < 4.78 is 72.1. The van der Waals surface area contributed by atoms with E-state index < -0.39 is 63.1 Å². The molecule has 4 atom stereocenters. The van der Waals surface area contributed by atoms with Crippen molar-refractivity contribution in [1.82, 2.24) is 19.8 Å². The third kappa shape index (κ3) is 7.35. The van der Waals surface area contributed by atoms with Crippen molar-refractivity contribution in [2.24, 2.45) is 0 Å². The van der Waals surface area contributed by atoms with Crippen molar-refractivity contribution in [3.63, 3.8) is 0 Å². The van der Waals surface area contributed by atoms with Crippen LogP contribution in [0.15, 0.2) is 78.9 Å². The molecule has 5 rings (SSSR count). The molecule has 0 aliphatic carbocycles. The molecule has 1 aliphatic rings. The molecule has 14 heteroatoms. The van der Waals surface area contributed by atoms with Gasteiger partial charge in [-0.3, -0.25) is 14.5 Å². The van der Waals surface area contributed by atoms with Crippen LogP contribution in [0.25, 0.3) is 5.69 Å². The first-order chi connectivity index (χ1) is 23.1. The third-order valence-electron chi connectivity index (χ3n) is 8.11. The van der Waals surface area contributed by atoms with Gasteiger partial charge in [0.2, 0.25) is 0 Å². The number of alkyl halides is 3. The molecule has 2 amide bonds. The number of para-hydroxylation sites is 1. The number of nitrogens with zero attached hydrogens (tertiary/aromatic N) is 3. The molecular weight excluding hydrogens is 662 g/mol. The monoisotopic (exact) mass is 697 g/mol. The average Bonchev–Trinajstić information content (AvgIpc) is 3.45. The molecule has 1 aromatic heterocycles. The summed E-state index contributed by atoms with van der Waals surface area (Å²) in [6.07, 6.45) is -4.23. The van der Waals surface area contributed by atoms with Gasteiger partial charge in [-0.25, -0.2) is 18.0 Å². The van der Waals surface area contributed by atoms with Crippen LogP contribution < -0.4 is 14.9 Å². The van der Waals surface area contributed by atoms with Gasteiger partial charge in [0.25, 0.3) is 11.8 Å². The van der Waals surface area contributed by atoms with E-state index in [9.17, 15) is 36.2 Å². The lowest BCUT2D eigenvalue weighted by Gasteiger charge is -2.39. The van der Waals surface area contributed by atoms with E-state index in [1.807, 2.05) is 0 Å². The Morgan fingerprint density at radius 2 is 1.69 bits per heavy atom. The van der Waals surface area contributed by atoms with Crippen molar-refractivity contribution in [2.75, 3.05) is 11.4 Å². The Kier molecular flexibility index (Phi) is 10.2. The summed E-state index contributed by atoms with van der Waals surface area (Å²) in [5.74, 6) is -2.85. The van der Waals surface area contributed by atoms with Gasteiger partial charge in [0.1, 0.15) is 24.0 Å². The standard InChI is InChI=1S/C35H35F4N5O4S/c1-5-43-32-28(29(41-44(32)25-12-7-6-8-13-25)26(18-19-45)42-49(48)34(2,3)4)27(21-14-16-24(36)17-15-21)30(33(43)47)40-31(46)22-10-9-11-23(20-22)35(37,38)39/h6-17,19-20,26-27,30,42H,5,18H2,1-4H3,(H,40,46)/t26-,27?,30?,49+/m1/s1. The zero-order valence-electron chi connectivity index (χ0n) is 27.1. The molecule has 0 bridgehead atoms. The van der Waals surface area contributed by atoms with Crippen LogP contribution in [0.4, 0.5) is 23.4 Å². The zero-order valence-corrected chi connectivity index (χ0v) is 27.9. The number of carbonyl (C=O) groups excluding carboxylic acids is 3. The summed E-state index contributed by atoms with van der Waals surface area (Å²) in [7, 11) is -1.68. The molecule has 3 aromatic carbocycles. The van der Waals surface area contributed by atoms with E-state index in [-0.39, 0.29) is 24.2 Å². The second-order valence-corrected chi connectivity index (χ2v) is 14.5. The van der Waals surface area contributed by atoms with Crippen LogP contribution in [0.3, 0.4) is 0 Å². The average molecular weight is 698 g/mol. The summed E-state index contributed by atoms with van der Waals surface area (Å²) in [6.45, 7) is 7.07. The van der Waals surface area contributed by atoms with Gasteiger partial charge in [-0.2, -0.15) is 18.3 Å². The van der Waals surface area contributed by atoms with Crippen LogP contribution in [0.2, 0.25) is 0 Å². The SMILES string of the molecule is CCN1C(=O)C(NC(=O)c2cccc(C(F)(F)F)c2)C(c2ccc(F)cc2)c2c([C@@H](CC=O)N[S@@](=O)C(C)(C)C)nn(-c3ccccc3)c21. The van der Waals surface area contributed by atoms with Crippen molar-refractivity contribution in [3.05, 3.63) is 113 Å². The number of hydrogen-bond donors (Lipinski definition) is 2. The summed E-state index contributed by atoms with van der Waals surface area (Å²) in [5, 5.41) is 7.57. The fourth-order valence-electron chi connectivity index (χ4n) is 5.74. The molecule has 0 saturated carbocycles. The number of anilines is 1. The third-order valence-corrected chi connectivity index (χ3v) is 9.72. The van der Waals surface area contributed by atoms with Crippen molar-refractivity contribution < 1.29 is 36.2 Å². The van der Waals surface area contributed by atoms with Crippen LogP contribution in [0, 0.1) is 5.82 Å². The number of rotatable bonds is 10. The fraction of sp³-hybridized carbons (Fsp3) is 0.314. The molecule has 258 valence electrons. The Bertz CT molecular complexity index is 1870. The van der Waals surface area contributed by atoms with E-state index in [1.54, 1.807) is 58.0 Å². The van der Waals surface area contributed by atoms with Gasteiger partial charge in [0.05, 0.1) is 38.7 Å². The molecule has 9 nitrogen and oxygen atoms in total. The lowest BCUT2D eigenvalue weighted by atomic mass is 9.79. The number of halogens is 4. The van der Waals surface area contributed by atoms with E-state index in [0.717, 1.165) is 12.1 Å². The molecule has 2 unspecified atom stereocenters. The minimum atomic E-state index is -4.71. The second kappa shape index (κ2) is 14.0. The number of likely N-dealkylation sites (N-methyl/N-ethyl adjacent to an activating group) is 1. The molecular formula is C35H35F4N5O4S. The molecule has 1 aliphatic heterocycles. The minimum absolute atomic E-state index is 0.0928. The quantitative estimate of drug-likeness (QED) is 0.156. The van der Waals surface area contributed by atoms with Gasteiger partial charge in [0.15, 0.2) is 0 Å². The molecule has 0 spiro atoms. The van der Waals surface area contributed by atoms with Crippen molar-refractivity contribution in [1.29, 1.82) is 0 Å². The van der Waals surface area contributed by atoms with Crippen LogP contribution in [0.5, 0.6) is 0 Å². The first-order valence-electron chi connectivity index (χ1n) is 15.5. The number of aromatic nitrogens is 2. The fourth-order valence-corrected chi connectivity index (χ4v) is 6.56. The summed E-state index contributed by atoms with van der Waals surface area (Å²) in [4.78, 5) is 41.6. The lowest BCUT2D eigenvalue weighted by Crippen LogP contribution is -2.55. The first-order valence-corrected chi connectivity index (χ1v) is 16.7. The molecule has 0 radical (unpaired) electrons. The van der Waals surface area contributed by atoms with Crippen molar-refractivity contribution in [3.8, 4) is 5.69 Å². The Morgan fingerprint density at radius 1 is 1.02 bits per heavy atom.